The topological polar surface area (TPSA) is 70.7 Å². The molecule has 1 atom stereocenters. The summed E-state index contributed by atoms with van der Waals surface area (Å²) in [5.74, 6) is -0.219. The fourth-order valence-corrected chi connectivity index (χ4v) is 1.75. The molecule has 1 unspecified atom stereocenters. The third-order valence-electron chi connectivity index (χ3n) is 2.51. The Labute approximate surface area is 102 Å². The number of nitrogens with one attached hydrogen (secondary N) is 2. The molecule has 1 heterocycles. The van der Waals surface area contributed by atoms with E-state index < -0.39 is 6.04 Å². The van der Waals surface area contributed by atoms with Crippen molar-refractivity contribution in [2.75, 3.05) is 33.4 Å². The van der Waals surface area contributed by atoms with E-state index >= 15 is 0 Å². The summed E-state index contributed by atoms with van der Waals surface area (Å²) in [6, 6.07) is -0.447. The van der Waals surface area contributed by atoms with E-state index in [1.54, 1.807) is 11.9 Å². The molecule has 0 aromatic carbocycles. The molecule has 0 bridgehead atoms. The Kier molecular flexibility index (Phi) is 5.37. The number of rotatable bonds is 4. The Bertz CT molecular complexity index is 281. The number of likely N-dealkylation sites (N-methyl/N-ethyl adjacent to an activating group) is 1. The first kappa shape index (κ1) is 13.9. The third-order valence-corrected chi connectivity index (χ3v) is 2.51. The third kappa shape index (κ3) is 3.98. The van der Waals surface area contributed by atoms with Gasteiger partial charge in [0, 0.05) is 12.6 Å². The van der Waals surface area contributed by atoms with Gasteiger partial charge in [-0.3, -0.25) is 9.59 Å². The summed E-state index contributed by atoms with van der Waals surface area (Å²) in [4.78, 5) is 25.3. The standard InChI is InChI=1S/C11H21N3O3/c1-8(2)13-11(16)9-7-17-5-4-14(9)10(15)6-12-3/h8-9,12H,4-7H2,1-3H3,(H,13,16). The molecule has 1 rings (SSSR count). The average Bonchev–Trinajstić information content (AvgIpc) is 2.28. The van der Waals surface area contributed by atoms with E-state index in [1.165, 1.54) is 0 Å². The van der Waals surface area contributed by atoms with Crippen molar-refractivity contribution >= 4 is 11.8 Å². The molecule has 0 radical (unpaired) electrons. The minimum Gasteiger partial charge on any atom is -0.377 e. The lowest BCUT2D eigenvalue weighted by Crippen LogP contribution is -2.58. The Morgan fingerprint density at radius 2 is 2.18 bits per heavy atom. The largest absolute Gasteiger partial charge is 0.377 e. The number of ether oxygens (including phenoxy) is 1. The van der Waals surface area contributed by atoms with Crippen molar-refractivity contribution in [2.24, 2.45) is 0 Å². The zero-order valence-corrected chi connectivity index (χ0v) is 10.7. The summed E-state index contributed by atoms with van der Waals surface area (Å²) in [7, 11) is 1.71. The van der Waals surface area contributed by atoms with E-state index in [4.69, 9.17) is 4.74 Å². The minimum absolute atomic E-state index is 0.0608. The first-order valence-electron chi connectivity index (χ1n) is 5.88. The summed E-state index contributed by atoms with van der Waals surface area (Å²) in [6.07, 6.45) is 0. The van der Waals surface area contributed by atoms with Crippen LogP contribution in [0.5, 0.6) is 0 Å². The van der Waals surface area contributed by atoms with Crippen LogP contribution in [0, 0.1) is 0 Å². The van der Waals surface area contributed by atoms with Gasteiger partial charge in [0.05, 0.1) is 19.8 Å². The van der Waals surface area contributed by atoms with E-state index in [0.717, 1.165) is 0 Å². The molecular weight excluding hydrogens is 222 g/mol. The summed E-state index contributed by atoms with van der Waals surface area (Å²) in [6.45, 7) is 5.25. The molecular formula is C11H21N3O3. The van der Waals surface area contributed by atoms with Gasteiger partial charge in [0.15, 0.2) is 0 Å². The predicted octanol–water partition coefficient (Wildman–Crippen LogP) is -1.04. The van der Waals surface area contributed by atoms with Gasteiger partial charge in [-0.15, -0.1) is 0 Å². The molecule has 0 aromatic rings. The Balaban J connectivity index is 2.65. The van der Waals surface area contributed by atoms with Crippen LogP contribution in [-0.4, -0.2) is 62.1 Å². The van der Waals surface area contributed by atoms with Crippen LogP contribution in [0.25, 0.3) is 0 Å². The number of carbonyl (C=O) groups is 2. The van der Waals surface area contributed by atoms with Gasteiger partial charge in [-0.05, 0) is 20.9 Å². The van der Waals surface area contributed by atoms with Crippen LogP contribution in [0.3, 0.4) is 0 Å². The molecule has 6 nitrogen and oxygen atoms in total. The van der Waals surface area contributed by atoms with Crippen LogP contribution >= 0.6 is 0 Å². The van der Waals surface area contributed by atoms with Crippen LogP contribution in [-0.2, 0) is 14.3 Å². The SMILES string of the molecule is CNCC(=O)N1CCOCC1C(=O)NC(C)C. The highest BCUT2D eigenvalue weighted by molar-refractivity contribution is 5.88. The molecule has 98 valence electrons. The van der Waals surface area contributed by atoms with Gasteiger partial charge in [-0.1, -0.05) is 0 Å². The monoisotopic (exact) mass is 243 g/mol. The van der Waals surface area contributed by atoms with Crippen molar-refractivity contribution in [1.29, 1.82) is 0 Å². The summed E-state index contributed by atoms with van der Waals surface area (Å²) >= 11 is 0. The van der Waals surface area contributed by atoms with Crippen molar-refractivity contribution in [1.82, 2.24) is 15.5 Å². The highest BCUT2D eigenvalue weighted by Gasteiger charge is 2.32. The summed E-state index contributed by atoms with van der Waals surface area (Å²) in [5.41, 5.74) is 0. The maximum Gasteiger partial charge on any atom is 0.245 e. The number of hydrogen-bond acceptors (Lipinski definition) is 4. The molecule has 17 heavy (non-hydrogen) atoms. The molecule has 1 aliphatic heterocycles. The number of carbonyl (C=O) groups excluding carboxylic acids is 2. The molecule has 0 spiro atoms. The maximum absolute atomic E-state index is 11.9. The lowest BCUT2D eigenvalue weighted by Gasteiger charge is -2.35. The quantitative estimate of drug-likeness (QED) is 0.661. The summed E-state index contributed by atoms with van der Waals surface area (Å²) in [5, 5.41) is 5.61. The van der Waals surface area contributed by atoms with Gasteiger partial charge in [0.1, 0.15) is 6.04 Å². The molecule has 0 aliphatic carbocycles. The molecule has 1 saturated heterocycles. The Hall–Kier alpha value is -1.14. The Morgan fingerprint density at radius 3 is 2.76 bits per heavy atom. The van der Waals surface area contributed by atoms with Crippen LogP contribution in [0.15, 0.2) is 0 Å². The zero-order chi connectivity index (χ0) is 12.8. The number of nitrogens with zero attached hydrogens (tertiary/aromatic N) is 1. The first-order chi connectivity index (χ1) is 8.06. The average molecular weight is 243 g/mol. The molecule has 0 aromatic heterocycles. The fourth-order valence-electron chi connectivity index (χ4n) is 1.75. The molecule has 0 saturated carbocycles. The van der Waals surface area contributed by atoms with E-state index in [2.05, 4.69) is 10.6 Å². The molecule has 1 fully saturated rings. The van der Waals surface area contributed by atoms with Crippen LogP contribution < -0.4 is 10.6 Å². The lowest BCUT2D eigenvalue weighted by molar-refractivity contribution is -0.148. The van der Waals surface area contributed by atoms with Crippen molar-refractivity contribution in [3.63, 3.8) is 0 Å². The highest BCUT2D eigenvalue weighted by Crippen LogP contribution is 2.07. The highest BCUT2D eigenvalue weighted by atomic mass is 16.5. The zero-order valence-electron chi connectivity index (χ0n) is 10.7. The van der Waals surface area contributed by atoms with Gasteiger partial charge in [-0.25, -0.2) is 0 Å². The van der Waals surface area contributed by atoms with Crippen molar-refractivity contribution in [3.05, 3.63) is 0 Å². The smallest absolute Gasteiger partial charge is 0.245 e. The summed E-state index contributed by atoms with van der Waals surface area (Å²) < 4.78 is 5.27. The van der Waals surface area contributed by atoms with Crippen LogP contribution in [0.4, 0.5) is 0 Å². The van der Waals surface area contributed by atoms with Crippen molar-refractivity contribution in [2.45, 2.75) is 25.9 Å². The Morgan fingerprint density at radius 1 is 1.47 bits per heavy atom. The molecule has 2 amide bonds. The van der Waals surface area contributed by atoms with Crippen molar-refractivity contribution < 1.29 is 14.3 Å². The maximum atomic E-state index is 11.9. The van der Waals surface area contributed by atoms with E-state index in [1.807, 2.05) is 13.8 Å². The predicted molar refractivity (Wildman–Crippen MR) is 63.5 cm³/mol. The van der Waals surface area contributed by atoms with Gasteiger partial charge < -0.3 is 20.3 Å². The van der Waals surface area contributed by atoms with Crippen LogP contribution in [0.1, 0.15) is 13.8 Å². The lowest BCUT2D eigenvalue weighted by atomic mass is 10.2. The second-order valence-corrected chi connectivity index (χ2v) is 4.37. The van der Waals surface area contributed by atoms with Gasteiger partial charge >= 0.3 is 0 Å². The minimum atomic E-state index is -0.507. The number of morpholine rings is 1. The normalized spacial score (nSPS) is 20.5. The molecule has 2 N–H and O–H groups in total. The van der Waals surface area contributed by atoms with Gasteiger partial charge in [-0.2, -0.15) is 0 Å². The van der Waals surface area contributed by atoms with E-state index in [-0.39, 0.29) is 31.0 Å². The molecule has 1 aliphatic rings. The second-order valence-electron chi connectivity index (χ2n) is 4.37. The fraction of sp³-hybridized carbons (Fsp3) is 0.818. The first-order valence-corrected chi connectivity index (χ1v) is 5.88. The molecule has 6 heteroatoms. The van der Waals surface area contributed by atoms with Crippen molar-refractivity contribution in [3.8, 4) is 0 Å². The number of amides is 2. The van der Waals surface area contributed by atoms with Gasteiger partial charge in [0.2, 0.25) is 11.8 Å². The van der Waals surface area contributed by atoms with E-state index in [9.17, 15) is 9.59 Å². The van der Waals surface area contributed by atoms with E-state index in [0.29, 0.717) is 13.2 Å². The second kappa shape index (κ2) is 6.56. The number of hydrogen-bond donors (Lipinski definition) is 2. The van der Waals surface area contributed by atoms with Crippen LogP contribution in [0.2, 0.25) is 0 Å². The van der Waals surface area contributed by atoms with Gasteiger partial charge in [0.25, 0.3) is 0 Å².